The minimum Gasteiger partial charge on any atom is -0.340 e. The highest BCUT2D eigenvalue weighted by atomic mass is 19.1. The summed E-state index contributed by atoms with van der Waals surface area (Å²) in [5.41, 5.74) is 1.55. The molecule has 0 fully saturated rings. The average Bonchev–Trinajstić information content (AvgIpc) is 2.38. The molecule has 0 N–H and O–H groups in total. The molecule has 4 heteroatoms. The second kappa shape index (κ2) is 5.07. The molecule has 0 unspecified atom stereocenters. The van der Waals surface area contributed by atoms with Crippen LogP contribution in [0, 0.1) is 29.9 Å². The lowest BCUT2D eigenvalue weighted by molar-refractivity contribution is 0.583. The van der Waals surface area contributed by atoms with Gasteiger partial charge in [-0.3, -0.25) is 0 Å². The zero-order valence-corrected chi connectivity index (χ0v) is 10.6. The Labute approximate surface area is 110 Å². The zero-order chi connectivity index (χ0) is 14.0. The summed E-state index contributed by atoms with van der Waals surface area (Å²) in [4.78, 5) is 1.42. The van der Waals surface area contributed by atoms with Crippen LogP contribution in [0.5, 0.6) is 0 Å². The van der Waals surface area contributed by atoms with E-state index in [0.717, 1.165) is 17.7 Å². The summed E-state index contributed by atoms with van der Waals surface area (Å²) in [6, 6.07) is 11.1. The molecule has 0 saturated carbocycles. The molecule has 0 amide bonds. The van der Waals surface area contributed by atoms with Gasteiger partial charge in [0.25, 0.3) is 0 Å². The first kappa shape index (κ1) is 13.0. The van der Waals surface area contributed by atoms with Crippen LogP contribution in [0.25, 0.3) is 0 Å². The fraction of sp³-hybridized carbons (Fsp3) is 0.133. The summed E-state index contributed by atoms with van der Waals surface area (Å²) in [6.45, 7) is 1.94. The van der Waals surface area contributed by atoms with E-state index in [0.29, 0.717) is 5.69 Å². The van der Waals surface area contributed by atoms with Crippen molar-refractivity contribution in [3.05, 3.63) is 59.2 Å². The third-order valence-corrected chi connectivity index (χ3v) is 2.90. The summed E-state index contributed by atoms with van der Waals surface area (Å²) in [5, 5.41) is 8.67. The maximum Gasteiger partial charge on any atom is 0.151 e. The summed E-state index contributed by atoms with van der Waals surface area (Å²) < 4.78 is 27.8. The van der Waals surface area contributed by atoms with Gasteiger partial charge in [0.2, 0.25) is 0 Å². The molecule has 2 rings (SSSR count). The minimum atomic E-state index is -0.750. The fourth-order valence-electron chi connectivity index (χ4n) is 1.85. The lowest BCUT2D eigenvalue weighted by Crippen LogP contribution is -2.13. The first-order valence-corrected chi connectivity index (χ1v) is 5.72. The SMILES string of the molecule is Cc1ccc(N(C)c2c(F)cc(C#N)cc2F)cc1. The molecular formula is C15H12F2N2. The summed E-state index contributed by atoms with van der Waals surface area (Å²) in [7, 11) is 1.58. The maximum atomic E-state index is 13.9. The third-order valence-electron chi connectivity index (χ3n) is 2.90. The van der Waals surface area contributed by atoms with E-state index in [4.69, 9.17) is 5.26 Å². The predicted molar refractivity (Wildman–Crippen MR) is 70.3 cm³/mol. The smallest absolute Gasteiger partial charge is 0.151 e. The van der Waals surface area contributed by atoms with Gasteiger partial charge in [0.05, 0.1) is 11.6 Å². The molecule has 0 saturated heterocycles. The number of hydrogen-bond acceptors (Lipinski definition) is 2. The number of anilines is 2. The van der Waals surface area contributed by atoms with Crippen LogP contribution in [0.1, 0.15) is 11.1 Å². The Kier molecular flexibility index (Phi) is 3.48. The number of nitrogens with zero attached hydrogens (tertiary/aromatic N) is 2. The molecule has 2 aromatic carbocycles. The maximum absolute atomic E-state index is 13.9. The summed E-state index contributed by atoms with van der Waals surface area (Å²) in [5.74, 6) is -1.50. The van der Waals surface area contributed by atoms with E-state index in [1.54, 1.807) is 25.2 Å². The van der Waals surface area contributed by atoms with Crippen molar-refractivity contribution in [2.24, 2.45) is 0 Å². The van der Waals surface area contributed by atoms with Crippen molar-refractivity contribution < 1.29 is 8.78 Å². The van der Waals surface area contributed by atoms with Gasteiger partial charge in [-0.25, -0.2) is 8.78 Å². The fourth-order valence-corrected chi connectivity index (χ4v) is 1.85. The Morgan fingerprint density at radius 3 is 2.05 bits per heavy atom. The topological polar surface area (TPSA) is 27.0 Å². The van der Waals surface area contributed by atoms with E-state index in [9.17, 15) is 8.78 Å². The van der Waals surface area contributed by atoms with E-state index >= 15 is 0 Å². The molecule has 0 spiro atoms. The molecule has 96 valence electrons. The van der Waals surface area contributed by atoms with Crippen molar-refractivity contribution >= 4 is 11.4 Å². The van der Waals surface area contributed by atoms with Crippen molar-refractivity contribution in [2.75, 3.05) is 11.9 Å². The van der Waals surface area contributed by atoms with Crippen molar-refractivity contribution in [1.29, 1.82) is 5.26 Å². The Hall–Kier alpha value is -2.41. The van der Waals surface area contributed by atoms with Gasteiger partial charge in [-0.15, -0.1) is 0 Å². The molecule has 2 aromatic rings. The Balaban J connectivity index is 2.47. The molecule has 19 heavy (non-hydrogen) atoms. The quantitative estimate of drug-likeness (QED) is 0.816. The minimum absolute atomic E-state index is 0.0314. The van der Waals surface area contributed by atoms with E-state index in [2.05, 4.69) is 0 Å². The Morgan fingerprint density at radius 2 is 1.58 bits per heavy atom. The molecule has 0 aliphatic carbocycles. The third kappa shape index (κ3) is 2.55. The first-order valence-electron chi connectivity index (χ1n) is 5.72. The van der Waals surface area contributed by atoms with Crippen LogP contribution in [-0.2, 0) is 0 Å². The van der Waals surface area contributed by atoms with Gasteiger partial charge in [0.1, 0.15) is 5.69 Å². The van der Waals surface area contributed by atoms with E-state index in [-0.39, 0.29) is 11.3 Å². The zero-order valence-electron chi connectivity index (χ0n) is 10.6. The lowest BCUT2D eigenvalue weighted by Gasteiger charge is -2.21. The highest BCUT2D eigenvalue weighted by Crippen LogP contribution is 2.29. The van der Waals surface area contributed by atoms with Crippen LogP contribution in [0.4, 0.5) is 20.2 Å². The monoisotopic (exact) mass is 258 g/mol. The highest BCUT2D eigenvalue weighted by molar-refractivity contribution is 5.64. The van der Waals surface area contributed by atoms with Gasteiger partial charge >= 0.3 is 0 Å². The highest BCUT2D eigenvalue weighted by Gasteiger charge is 2.16. The molecule has 0 radical (unpaired) electrons. The number of nitriles is 1. The second-order valence-electron chi connectivity index (χ2n) is 4.29. The Morgan fingerprint density at radius 1 is 1.05 bits per heavy atom. The molecule has 0 aliphatic heterocycles. The van der Waals surface area contributed by atoms with Gasteiger partial charge in [-0.2, -0.15) is 5.26 Å². The molecule has 0 bridgehead atoms. The number of aryl methyl sites for hydroxylation is 1. The van der Waals surface area contributed by atoms with Crippen LogP contribution in [0.3, 0.4) is 0 Å². The number of benzene rings is 2. The van der Waals surface area contributed by atoms with Crippen LogP contribution < -0.4 is 4.90 Å². The molecule has 0 aromatic heterocycles. The predicted octanol–water partition coefficient (Wildman–Crippen LogP) is 3.91. The van der Waals surface area contributed by atoms with E-state index < -0.39 is 11.6 Å². The average molecular weight is 258 g/mol. The van der Waals surface area contributed by atoms with Crippen molar-refractivity contribution in [1.82, 2.24) is 0 Å². The number of halogens is 2. The van der Waals surface area contributed by atoms with Crippen molar-refractivity contribution in [3.8, 4) is 6.07 Å². The van der Waals surface area contributed by atoms with Gasteiger partial charge in [0, 0.05) is 12.7 Å². The van der Waals surface area contributed by atoms with Crippen molar-refractivity contribution in [2.45, 2.75) is 6.92 Å². The molecule has 2 nitrogen and oxygen atoms in total. The van der Waals surface area contributed by atoms with Gasteiger partial charge in [-0.05, 0) is 31.2 Å². The second-order valence-corrected chi connectivity index (χ2v) is 4.29. The lowest BCUT2D eigenvalue weighted by atomic mass is 10.1. The molecule has 0 atom stereocenters. The van der Waals surface area contributed by atoms with Crippen LogP contribution >= 0.6 is 0 Å². The van der Waals surface area contributed by atoms with Gasteiger partial charge in [-0.1, -0.05) is 17.7 Å². The summed E-state index contributed by atoms with van der Waals surface area (Å²) in [6.07, 6.45) is 0. The number of rotatable bonds is 2. The van der Waals surface area contributed by atoms with E-state index in [1.807, 2.05) is 19.1 Å². The van der Waals surface area contributed by atoms with Crippen molar-refractivity contribution in [3.63, 3.8) is 0 Å². The van der Waals surface area contributed by atoms with E-state index in [1.165, 1.54) is 4.90 Å². The Bertz CT molecular complexity index is 619. The standard InChI is InChI=1S/C15H12F2N2/c1-10-3-5-12(6-4-10)19(2)15-13(16)7-11(9-18)8-14(15)17/h3-8H,1-2H3. The van der Waals surface area contributed by atoms with Gasteiger partial charge < -0.3 is 4.90 Å². The summed E-state index contributed by atoms with van der Waals surface area (Å²) >= 11 is 0. The van der Waals surface area contributed by atoms with Crippen LogP contribution in [-0.4, -0.2) is 7.05 Å². The first-order chi connectivity index (χ1) is 9.02. The van der Waals surface area contributed by atoms with Gasteiger partial charge in [0.15, 0.2) is 11.6 Å². The molecular weight excluding hydrogens is 246 g/mol. The number of hydrogen-bond donors (Lipinski definition) is 0. The molecule has 0 aliphatic rings. The normalized spacial score (nSPS) is 10.1. The van der Waals surface area contributed by atoms with Crippen LogP contribution in [0.2, 0.25) is 0 Å². The molecule has 0 heterocycles. The largest absolute Gasteiger partial charge is 0.340 e. The van der Waals surface area contributed by atoms with Crippen LogP contribution in [0.15, 0.2) is 36.4 Å².